The molecule has 110 valence electrons. The Labute approximate surface area is 127 Å². The number of nitrogens with one attached hydrogen (secondary N) is 1. The Kier molecular flexibility index (Phi) is 3.79. The highest BCUT2D eigenvalue weighted by Gasteiger charge is 2.11. The standard InChI is InChI=1S/C15H18N4OS/c1-4-20-14-6-5-12(7-17-14)16-8-13-11(3)18-15-19(13)10(2)9-21-15/h5-7,9,16H,4,8H2,1-3H3. The van der Waals surface area contributed by atoms with E-state index in [0.717, 1.165) is 22.9 Å². The van der Waals surface area contributed by atoms with E-state index in [0.29, 0.717) is 12.5 Å². The zero-order chi connectivity index (χ0) is 14.8. The highest BCUT2D eigenvalue weighted by Crippen LogP contribution is 2.21. The van der Waals surface area contributed by atoms with Crippen LogP contribution in [0.15, 0.2) is 23.7 Å². The van der Waals surface area contributed by atoms with Crippen molar-refractivity contribution in [3.05, 3.63) is 40.8 Å². The number of fused-ring (bicyclic) bond motifs is 1. The molecule has 0 aromatic carbocycles. The van der Waals surface area contributed by atoms with Crippen LogP contribution >= 0.6 is 11.3 Å². The van der Waals surface area contributed by atoms with Gasteiger partial charge in [-0.1, -0.05) is 0 Å². The topological polar surface area (TPSA) is 51.5 Å². The lowest BCUT2D eigenvalue weighted by Crippen LogP contribution is -2.05. The molecule has 6 heteroatoms. The van der Waals surface area contributed by atoms with Crippen molar-refractivity contribution in [1.29, 1.82) is 0 Å². The fourth-order valence-corrected chi connectivity index (χ4v) is 3.21. The molecule has 0 amide bonds. The van der Waals surface area contributed by atoms with E-state index >= 15 is 0 Å². The van der Waals surface area contributed by atoms with Gasteiger partial charge in [-0.2, -0.15) is 0 Å². The lowest BCUT2D eigenvalue weighted by molar-refractivity contribution is 0.327. The summed E-state index contributed by atoms with van der Waals surface area (Å²) in [6, 6.07) is 3.85. The maximum Gasteiger partial charge on any atom is 0.213 e. The molecule has 3 heterocycles. The molecule has 3 aromatic rings. The van der Waals surface area contributed by atoms with Crippen molar-refractivity contribution in [2.75, 3.05) is 11.9 Å². The van der Waals surface area contributed by atoms with Crippen molar-refractivity contribution in [1.82, 2.24) is 14.4 Å². The summed E-state index contributed by atoms with van der Waals surface area (Å²) in [7, 11) is 0. The number of ether oxygens (including phenoxy) is 1. The molecule has 0 aliphatic rings. The van der Waals surface area contributed by atoms with Gasteiger partial charge in [0.15, 0.2) is 4.96 Å². The van der Waals surface area contributed by atoms with Crippen molar-refractivity contribution in [3.63, 3.8) is 0 Å². The summed E-state index contributed by atoms with van der Waals surface area (Å²) in [6.45, 7) is 7.45. The second kappa shape index (κ2) is 5.73. The largest absolute Gasteiger partial charge is 0.478 e. The lowest BCUT2D eigenvalue weighted by atomic mass is 10.3. The molecule has 21 heavy (non-hydrogen) atoms. The van der Waals surface area contributed by atoms with Crippen LogP contribution in [0.5, 0.6) is 5.88 Å². The molecular formula is C15H18N4OS. The van der Waals surface area contributed by atoms with Gasteiger partial charge in [-0.15, -0.1) is 11.3 Å². The smallest absolute Gasteiger partial charge is 0.213 e. The second-order valence-corrected chi connectivity index (χ2v) is 5.65. The molecule has 0 atom stereocenters. The van der Waals surface area contributed by atoms with Crippen LogP contribution in [0.1, 0.15) is 24.0 Å². The average Bonchev–Trinajstić information content (AvgIpc) is 2.98. The maximum absolute atomic E-state index is 5.34. The highest BCUT2D eigenvalue weighted by atomic mass is 32.1. The summed E-state index contributed by atoms with van der Waals surface area (Å²) in [5.74, 6) is 0.652. The Morgan fingerprint density at radius 2 is 2.19 bits per heavy atom. The number of hydrogen-bond acceptors (Lipinski definition) is 5. The molecule has 0 aliphatic heterocycles. The van der Waals surface area contributed by atoms with Gasteiger partial charge in [-0.25, -0.2) is 9.97 Å². The molecule has 0 aliphatic carbocycles. The number of aromatic nitrogens is 3. The van der Waals surface area contributed by atoms with Crippen molar-refractivity contribution >= 4 is 22.0 Å². The third kappa shape index (κ3) is 2.71. The van der Waals surface area contributed by atoms with E-state index in [9.17, 15) is 0 Å². The van der Waals surface area contributed by atoms with E-state index in [1.165, 1.54) is 11.4 Å². The Balaban J connectivity index is 1.76. The number of pyridine rings is 1. The van der Waals surface area contributed by atoms with Gasteiger partial charge >= 0.3 is 0 Å². The maximum atomic E-state index is 5.34. The van der Waals surface area contributed by atoms with Crippen LogP contribution in [0.25, 0.3) is 4.96 Å². The molecule has 3 aromatic heterocycles. The number of nitrogens with zero attached hydrogens (tertiary/aromatic N) is 3. The predicted octanol–water partition coefficient (Wildman–Crippen LogP) is 3.42. The van der Waals surface area contributed by atoms with Crippen molar-refractivity contribution in [2.45, 2.75) is 27.3 Å². The van der Waals surface area contributed by atoms with Gasteiger partial charge in [0.2, 0.25) is 5.88 Å². The number of thiazole rings is 1. The van der Waals surface area contributed by atoms with Gasteiger partial charge in [0.25, 0.3) is 0 Å². The molecule has 0 bridgehead atoms. The van der Waals surface area contributed by atoms with Crippen LogP contribution < -0.4 is 10.1 Å². The first-order chi connectivity index (χ1) is 10.2. The number of anilines is 1. The number of rotatable bonds is 5. The van der Waals surface area contributed by atoms with E-state index in [-0.39, 0.29) is 0 Å². The minimum atomic E-state index is 0.629. The first kappa shape index (κ1) is 13.9. The van der Waals surface area contributed by atoms with Gasteiger partial charge in [-0.05, 0) is 26.8 Å². The molecule has 5 nitrogen and oxygen atoms in total. The molecular weight excluding hydrogens is 284 g/mol. The summed E-state index contributed by atoms with van der Waals surface area (Å²) in [4.78, 5) is 9.89. The monoisotopic (exact) mass is 302 g/mol. The van der Waals surface area contributed by atoms with Crippen molar-refractivity contribution in [2.24, 2.45) is 0 Å². The molecule has 0 fully saturated rings. The first-order valence-corrected chi connectivity index (χ1v) is 7.81. The zero-order valence-corrected chi connectivity index (χ0v) is 13.2. The second-order valence-electron chi connectivity index (χ2n) is 4.81. The first-order valence-electron chi connectivity index (χ1n) is 6.93. The summed E-state index contributed by atoms with van der Waals surface area (Å²) in [6.07, 6.45) is 1.79. The molecule has 0 saturated carbocycles. The molecule has 3 rings (SSSR count). The fraction of sp³-hybridized carbons (Fsp3) is 0.333. The molecule has 0 saturated heterocycles. The van der Waals surface area contributed by atoms with E-state index in [1.54, 1.807) is 17.5 Å². The van der Waals surface area contributed by atoms with Crippen molar-refractivity contribution in [3.8, 4) is 5.88 Å². The SMILES string of the molecule is CCOc1ccc(NCc2c(C)nc3scc(C)n23)cn1. The van der Waals surface area contributed by atoms with E-state index in [1.807, 2.05) is 26.0 Å². The van der Waals surface area contributed by atoms with Gasteiger partial charge in [-0.3, -0.25) is 4.40 Å². The van der Waals surface area contributed by atoms with E-state index < -0.39 is 0 Å². The minimum Gasteiger partial charge on any atom is -0.478 e. The molecule has 1 N–H and O–H groups in total. The summed E-state index contributed by atoms with van der Waals surface area (Å²) in [5, 5.41) is 5.52. The summed E-state index contributed by atoms with van der Waals surface area (Å²) >= 11 is 1.67. The number of aryl methyl sites for hydroxylation is 2. The number of hydrogen-bond donors (Lipinski definition) is 1. The normalized spacial score (nSPS) is 11.0. The Morgan fingerprint density at radius 3 is 2.90 bits per heavy atom. The van der Waals surface area contributed by atoms with Crippen LogP contribution in [0, 0.1) is 13.8 Å². The zero-order valence-electron chi connectivity index (χ0n) is 12.4. The fourth-order valence-electron chi connectivity index (χ4n) is 2.28. The van der Waals surface area contributed by atoms with Crippen LogP contribution in [-0.2, 0) is 6.54 Å². The van der Waals surface area contributed by atoms with E-state index in [2.05, 4.69) is 32.0 Å². The Bertz CT molecular complexity index is 745. The van der Waals surface area contributed by atoms with Gasteiger partial charge < -0.3 is 10.1 Å². The van der Waals surface area contributed by atoms with E-state index in [4.69, 9.17) is 4.74 Å². The lowest BCUT2D eigenvalue weighted by Gasteiger charge is -2.08. The quantitative estimate of drug-likeness (QED) is 0.784. The third-order valence-electron chi connectivity index (χ3n) is 3.32. The van der Waals surface area contributed by atoms with Gasteiger partial charge in [0.05, 0.1) is 36.4 Å². The van der Waals surface area contributed by atoms with Crippen LogP contribution in [0.3, 0.4) is 0 Å². The summed E-state index contributed by atoms with van der Waals surface area (Å²) in [5.41, 5.74) is 4.45. The van der Waals surface area contributed by atoms with Gasteiger partial charge in [0.1, 0.15) is 0 Å². The van der Waals surface area contributed by atoms with Crippen molar-refractivity contribution < 1.29 is 4.74 Å². The highest BCUT2D eigenvalue weighted by molar-refractivity contribution is 7.15. The third-order valence-corrected chi connectivity index (χ3v) is 4.26. The van der Waals surface area contributed by atoms with Crippen LogP contribution in [-0.4, -0.2) is 21.0 Å². The Hall–Kier alpha value is -2.08. The Morgan fingerprint density at radius 1 is 1.33 bits per heavy atom. The predicted molar refractivity (Wildman–Crippen MR) is 85.3 cm³/mol. The minimum absolute atomic E-state index is 0.629. The van der Waals surface area contributed by atoms with Crippen LogP contribution in [0.2, 0.25) is 0 Å². The molecule has 0 unspecified atom stereocenters. The number of imidazole rings is 1. The average molecular weight is 302 g/mol. The summed E-state index contributed by atoms with van der Waals surface area (Å²) < 4.78 is 7.55. The molecule has 0 radical (unpaired) electrons. The molecule has 0 spiro atoms. The van der Waals surface area contributed by atoms with Crippen LogP contribution in [0.4, 0.5) is 5.69 Å². The van der Waals surface area contributed by atoms with Gasteiger partial charge in [0, 0.05) is 17.1 Å².